The van der Waals surface area contributed by atoms with E-state index in [9.17, 15) is 5.11 Å². The van der Waals surface area contributed by atoms with Crippen molar-refractivity contribution in [1.29, 1.82) is 0 Å². The Hall–Kier alpha value is 0.177. The predicted molar refractivity (Wildman–Crippen MR) is 61.4 cm³/mol. The lowest BCUT2D eigenvalue weighted by Gasteiger charge is -2.26. The van der Waals surface area contributed by atoms with Crippen molar-refractivity contribution < 1.29 is 5.11 Å². The second kappa shape index (κ2) is 7.57. The maximum absolute atomic E-state index is 10.7. The molecule has 0 aliphatic carbocycles. The van der Waals surface area contributed by atoms with Gasteiger partial charge in [-0.1, -0.05) is 58.2 Å². The molecule has 0 heterocycles. The first-order chi connectivity index (χ1) is 6.18. The zero-order chi connectivity index (χ0) is 10.2. The second-order valence-corrected chi connectivity index (χ2v) is 9.59. The summed E-state index contributed by atoms with van der Waals surface area (Å²) in [6.07, 6.45) is 5.25. The van der Waals surface area contributed by atoms with Gasteiger partial charge in [-0.15, -0.1) is 0 Å². The lowest BCUT2D eigenvalue weighted by atomic mass is 10.4. The Morgan fingerprint density at radius 2 is 1.38 bits per heavy atom. The van der Waals surface area contributed by atoms with Gasteiger partial charge in [0.25, 0.3) is 0 Å². The normalized spacial score (nSPS) is 12.0. The van der Waals surface area contributed by atoms with Crippen LogP contribution in [0.15, 0.2) is 0 Å². The van der Waals surface area contributed by atoms with E-state index < -0.39 is 8.07 Å². The fourth-order valence-electron chi connectivity index (χ4n) is 1.83. The molecule has 0 aromatic carbocycles. The summed E-state index contributed by atoms with van der Waals surface area (Å²) in [6.45, 7) is 7.07. The van der Waals surface area contributed by atoms with E-state index in [1.807, 2.05) is 0 Å². The van der Waals surface area contributed by atoms with Crippen molar-refractivity contribution in [3.63, 3.8) is 0 Å². The van der Waals surface area contributed by atoms with Gasteiger partial charge in [0.05, 0.1) is 14.7 Å². The van der Waals surface area contributed by atoms with Gasteiger partial charge in [0.15, 0.2) is 0 Å². The number of unbranched alkanes of at least 4 members (excludes halogenated alkanes) is 2. The van der Waals surface area contributed by atoms with Crippen molar-refractivity contribution in [2.45, 2.75) is 64.2 Å². The Kier molecular flexibility index (Phi) is 7.67. The highest BCUT2D eigenvalue weighted by molar-refractivity contribution is 6.78. The molecule has 0 saturated carbocycles. The summed E-state index contributed by atoms with van der Waals surface area (Å²) in [5.41, 5.74) is 0. The van der Waals surface area contributed by atoms with Crippen LogP contribution in [0.2, 0.25) is 24.7 Å². The van der Waals surface area contributed by atoms with Gasteiger partial charge in [0.1, 0.15) is 0 Å². The van der Waals surface area contributed by atoms with Crippen molar-refractivity contribution in [1.82, 2.24) is 0 Å². The summed E-state index contributed by atoms with van der Waals surface area (Å²) < 4.78 is 0. The smallest absolute Gasteiger partial charge is 0.0799 e. The molecule has 0 spiro atoms. The summed E-state index contributed by atoms with van der Waals surface area (Å²) in [5.74, 6) is 0. The average Bonchev–Trinajstić information content (AvgIpc) is 2.12. The van der Waals surface area contributed by atoms with Crippen LogP contribution in [0.4, 0.5) is 0 Å². The van der Waals surface area contributed by atoms with Crippen LogP contribution in [-0.4, -0.2) is 14.7 Å². The van der Waals surface area contributed by atoms with Crippen LogP contribution in [0.5, 0.6) is 0 Å². The molecule has 2 heteroatoms. The largest absolute Gasteiger partial charge is 0.237 e. The van der Waals surface area contributed by atoms with E-state index in [2.05, 4.69) is 20.4 Å². The molecular formula is C11H25OSi. The monoisotopic (exact) mass is 201 g/mol. The first kappa shape index (κ1) is 13.2. The van der Waals surface area contributed by atoms with Crippen molar-refractivity contribution in [3.8, 4) is 0 Å². The molecule has 0 aromatic rings. The van der Waals surface area contributed by atoms with Gasteiger partial charge < -0.3 is 0 Å². The van der Waals surface area contributed by atoms with Crippen LogP contribution in [-0.2, 0) is 5.11 Å². The van der Waals surface area contributed by atoms with Gasteiger partial charge >= 0.3 is 0 Å². The first-order valence-corrected chi connectivity index (χ1v) is 8.88. The highest BCUT2D eigenvalue weighted by Crippen LogP contribution is 2.25. The highest BCUT2D eigenvalue weighted by Gasteiger charge is 2.24. The zero-order valence-corrected chi connectivity index (χ0v) is 10.6. The van der Waals surface area contributed by atoms with Gasteiger partial charge in [0, 0.05) is 0 Å². The van der Waals surface area contributed by atoms with Crippen LogP contribution < -0.4 is 0 Å². The minimum absolute atomic E-state index is 0.163. The predicted octanol–water partition coefficient (Wildman–Crippen LogP) is 4.10. The lowest BCUT2D eigenvalue weighted by Crippen LogP contribution is -2.30. The number of rotatable bonds is 8. The van der Waals surface area contributed by atoms with Crippen molar-refractivity contribution >= 4 is 8.07 Å². The van der Waals surface area contributed by atoms with E-state index in [0.29, 0.717) is 0 Å². The SMILES string of the molecule is CCCC[Si](C)(CC[O])CCCC. The van der Waals surface area contributed by atoms with Gasteiger partial charge in [-0.05, 0) is 6.04 Å². The fourth-order valence-corrected chi connectivity index (χ4v) is 5.49. The van der Waals surface area contributed by atoms with Gasteiger partial charge in [-0.25, -0.2) is 5.11 Å². The summed E-state index contributed by atoms with van der Waals surface area (Å²) in [6, 6.07) is 3.77. The molecule has 0 amide bonds. The second-order valence-electron chi connectivity index (χ2n) is 4.47. The number of hydrogen-bond acceptors (Lipinski definition) is 0. The molecule has 0 aliphatic heterocycles. The van der Waals surface area contributed by atoms with Crippen molar-refractivity contribution in [2.24, 2.45) is 0 Å². The van der Waals surface area contributed by atoms with E-state index in [-0.39, 0.29) is 6.61 Å². The fraction of sp³-hybridized carbons (Fsp3) is 1.00. The Labute approximate surface area is 84.6 Å². The molecule has 0 unspecified atom stereocenters. The van der Waals surface area contributed by atoms with E-state index in [0.717, 1.165) is 6.04 Å². The Morgan fingerprint density at radius 3 is 1.69 bits per heavy atom. The molecule has 0 rings (SSSR count). The maximum atomic E-state index is 10.7. The Morgan fingerprint density at radius 1 is 0.923 bits per heavy atom. The first-order valence-electron chi connectivity index (χ1n) is 5.76. The molecule has 0 N–H and O–H groups in total. The summed E-state index contributed by atoms with van der Waals surface area (Å²) in [5, 5.41) is 10.7. The molecule has 79 valence electrons. The van der Waals surface area contributed by atoms with Gasteiger partial charge in [-0.2, -0.15) is 0 Å². The van der Waals surface area contributed by atoms with E-state index in [1.54, 1.807) is 0 Å². The molecular weight excluding hydrogens is 176 g/mol. The zero-order valence-electron chi connectivity index (χ0n) is 9.57. The quantitative estimate of drug-likeness (QED) is 0.527. The minimum atomic E-state index is -1.10. The minimum Gasteiger partial charge on any atom is -0.237 e. The van der Waals surface area contributed by atoms with E-state index in [4.69, 9.17) is 0 Å². The van der Waals surface area contributed by atoms with Crippen molar-refractivity contribution in [2.75, 3.05) is 6.61 Å². The topological polar surface area (TPSA) is 19.9 Å². The highest BCUT2D eigenvalue weighted by atomic mass is 28.3. The van der Waals surface area contributed by atoms with Crippen LogP contribution in [0.1, 0.15) is 39.5 Å². The van der Waals surface area contributed by atoms with Crippen LogP contribution >= 0.6 is 0 Å². The van der Waals surface area contributed by atoms with E-state index in [1.165, 1.54) is 37.8 Å². The van der Waals surface area contributed by atoms with Gasteiger partial charge in [0.2, 0.25) is 0 Å². The molecule has 1 radical (unpaired) electrons. The average molecular weight is 201 g/mol. The summed E-state index contributed by atoms with van der Waals surface area (Å²) >= 11 is 0. The molecule has 13 heavy (non-hydrogen) atoms. The third kappa shape index (κ3) is 6.27. The van der Waals surface area contributed by atoms with Crippen LogP contribution in [0.25, 0.3) is 0 Å². The summed E-state index contributed by atoms with van der Waals surface area (Å²) in [4.78, 5) is 0. The third-order valence-corrected chi connectivity index (χ3v) is 7.51. The summed E-state index contributed by atoms with van der Waals surface area (Å²) in [7, 11) is -1.10. The van der Waals surface area contributed by atoms with Gasteiger partial charge in [-0.3, -0.25) is 0 Å². The molecule has 0 aliphatic rings. The maximum Gasteiger partial charge on any atom is 0.0799 e. The van der Waals surface area contributed by atoms with Crippen LogP contribution in [0, 0.1) is 0 Å². The Balaban J connectivity index is 3.84. The van der Waals surface area contributed by atoms with Crippen molar-refractivity contribution in [3.05, 3.63) is 0 Å². The molecule has 0 atom stereocenters. The van der Waals surface area contributed by atoms with Crippen LogP contribution in [0.3, 0.4) is 0 Å². The van der Waals surface area contributed by atoms with E-state index >= 15 is 0 Å². The third-order valence-electron chi connectivity index (χ3n) is 2.97. The molecule has 0 aromatic heterocycles. The standard InChI is InChI=1S/C11H25OSi/c1-4-6-9-13(3,11-8-12)10-7-5-2/h4-11H2,1-3H3. The number of hydrogen-bond donors (Lipinski definition) is 0. The lowest BCUT2D eigenvalue weighted by molar-refractivity contribution is 0.210. The molecule has 0 saturated heterocycles. The molecule has 1 nitrogen and oxygen atoms in total. The Bertz CT molecular complexity index is 107. The molecule has 0 fully saturated rings. The molecule has 0 bridgehead atoms.